The van der Waals surface area contributed by atoms with Gasteiger partial charge in [0.25, 0.3) is 0 Å². The Morgan fingerprint density at radius 1 is 1.47 bits per heavy atom. The molecule has 1 N–H and O–H groups in total. The summed E-state index contributed by atoms with van der Waals surface area (Å²) < 4.78 is 25.7. The SMILES string of the molecule is CN(Cc1cscn1)S(=O)(=O)CCN1CCNCC1. The maximum absolute atomic E-state index is 12.2. The van der Waals surface area contributed by atoms with Crippen molar-refractivity contribution in [3.8, 4) is 0 Å². The predicted molar refractivity (Wildman–Crippen MR) is 76.7 cm³/mol. The minimum absolute atomic E-state index is 0.174. The molecule has 1 aliphatic rings. The lowest BCUT2D eigenvalue weighted by Gasteiger charge is -2.27. The van der Waals surface area contributed by atoms with Gasteiger partial charge in [-0.2, -0.15) is 4.31 Å². The number of nitrogens with zero attached hydrogens (tertiary/aromatic N) is 3. The number of nitrogens with one attached hydrogen (secondary N) is 1. The molecular formula is C11H20N4O2S2. The van der Waals surface area contributed by atoms with Crippen LogP contribution in [0.1, 0.15) is 5.69 Å². The second-order valence-corrected chi connectivity index (χ2v) is 7.56. The maximum Gasteiger partial charge on any atom is 0.215 e. The second kappa shape index (κ2) is 6.76. The van der Waals surface area contributed by atoms with Crippen LogP contribution < -0.4 is 5.32 Å². The van der Waals surface area contributed by atoms with E-state index < -0.39 is 10.0 Å². The summed E-state index contributed by atoms with van der Waals surface area (Å²) in [5.74, 6) is 0.174. The Labute approximate surface area is 118 Å². The number of sulfonamides is 1. The van der Waals surface area contributed by atoms with Crippen LogP contribution in [0.3, 0.4) is 0 Å². The van der Waals surface area contributed by atoms with E-state index in [1.54, 1.807) is 12.6 Å². The van der Waals surface area contributed by atoms with E-state index in [0.717, 1.165) is 31.9 Å². The summed E-state index contributed by atoms with van der Waals surface area (Å²) in [6, 6.07) is 0. The highest BCUT2D eigenvalue weighted by Gasteiger charge is 2.20. The first-order valence-electron chi connectivity index (χ1n) is 6.32. The first kappa shape index (κ1) is 14.9. The van der Waals surface area contributed by atoms with Crippen molar-refractivity contribution >= 4 is 21.4 Å². The molecule has 0 saturated carbocycles. The molecule has 2 heterocycles. The molecule has 0 bridgehead atoms. The van der Waals surface area contributed by atoms with Crippen LogP contribution in [0.25, 0.3) is 0 Å². The van der Waals surface area contributed by atoms with Crippen LogP contribution in [0.2, 0.25) is 0 Å². The quantitative estimate of drug-likeness (QED) is 0.789. The fraction of sp³-hybridized carbons (Fsp3) is 0.727. The fourth-order valence-electron chi connectivity index (χ4n) is 1.98. The van der Waals surface area contributed by atoms with Crippen LogP contribution in [0.4, 0.5) is 0 Å². The molecule has 1 fully saturated rings. The van der Waals surface area contributed by atoms with Crippen molar-refractivity contribution in [1.29, 1.82) is 0 Å². The molecule has 1 saturated heterocycles. The van der Waals surface area contributed by atoms with Gasteiger partial charge in [-0.25, -0.2) is 13.4 Å². The van der Waals surface area contributed by atoms with Gasteiger partial charge in [0, 0.05) is 45.2 Å². The highest BCUT2D eigenvalue weighted by molar-refractivity contribution is 7.89. The Bertz CT molecular complexity index is 469. The van der Waals surface area contributed by atoms with Crippen molar-refractivity contribution in [2.75, 3.05) is 45.5 Å². The zero-order valence-electron chi connectivity index (χ0n) is 11.1. The number of aromatic nitrogens is 1. The molecule has 0 amide bonds. The van der Waals surface area contributed by atoms with Crippen molar-refractivity contribution in [3.05, 3.63) is 16.6 Å². The van der Waals surface area contributed by atoms with E-state index in [1.165, 1.54) is 15.6 Å². The molecule has 0 unspecified atom stereocenters. The normalized spacial score (nSPS) is 18.0. The lowest BCUT2D eigenvalue weighted by atomic mass is 10.4. The third-order valence-electron chi connectivity index (χ3n) is 3.22. The van der Waals surface area contributed by atoms with E-state index in [1.807, 2.05) is 5.38 Å². The monoisotopic (exact) mass is 304 g/mol. The highest BCUT2D eigenvalue weighted by Crippen LogP contribution is 2.08. The van der Waals surface area contributed by atoms with Crippen molar-refractivity contribution in [2.24, 2.45) is 0 Å². The van der Waals surface area contributed by atoms with Gasteiger partial charge in [0.1, 0.15) is 0 Å². The van der Waals surface area contributed by atoms with Gasteiger partial charge < -0.3 is 5.32 Å². The third-order valence-corrected chi connectivity index (χ3v) is 5.63. The van der Waals surface area contributed by atoms with Crippen LogP contribution in [0.15, 0.2) is 10.9 Å². The summed E-state index contributed by atoms with van der Waals surface area (Å²) in [6.45, 7) is 4.68. The van der Waals surface area contributed by atoms with Crippen LogP contribution in [-0.4, -0.2) is 68.1 Å². The predicted octanol–water partition coefficient (Wildman–Crippen LogP) is -0.190. The Kier molecular flexibility index (Phi) is 5.28. The molecule has 19 heavy (non-hydrogen) atoms. The second-order valence-electron chi connectivity index (χ2n) is 4.64. The zero-order valence-corrected chi connectivity index (χ0v) is 12.7. The summed E-state index contributed by atoms with van der Waals surface area (Å²) in [5, 5.41) is 5.13. The van der Waals surface area contributed by atoms with Gasteiger partial charge in [0.15, 0.2) is 0 Å². The Hall–Kier alpha value is -0.540. The maximum atomic E-state index is 12.2. The van der Waals surface area contributed by atoms with Crippen LogP contribution >= 0.6 is 11.3 Å². The van der Waals surface area contributed by atoms with Gasteiger partial charge >= 0.3 is 0 Å². The van der Waals surface area contributed by atoms with E-state index in [0.29, 0.717) is 13.1 Å². The van der Waals surface area contributed by atoms with Gasteiger partial charge in [0.2, 0.25) is 10.0 Å². The summed E-state index contributed by atoms with van der Waals surface area (Å²) >= 11 is 1.48. The van der Waals surface area contributed by atoms with Crippen molar-refractivity contribution in [2.45, 2.75) is 6.54 Å². The highest BCUT2D eigenvalue weighted by atomic mass is 32.2. The molecule has 108 valence electrons. The summed E-state index contributed by atoms with van der Waals surface area (Å²) in [5.41, 5.74) is 2.52. The van der Waals surface area contributed by atoms with Crippen molar-refractivity contribution < 1.29 is 8.42 Å². The number of thiazole rings is 1. The summed E-state index contributed by atoms with van der Waals surface area (Å²) in [6.07, 6.45) is 0. The van der Waals surface area contributed by atoms with Crippen LogP contribution in [0.5, 0.6) is 0 Å². The van der Waals surface area contributed by atoms with Gasteiger partial charge in [-0.05, 0) is 0 Å². The first-order valence-corrected chi connectivity index (χ1v) is 8.87. The van der Waals surface area contributed by atoms with Crippen LogP contribution in [0, 0.1) is 0 Å². The summed E-state index contributed by atoms with van der Waals surface area (Å²) in [4.78, 5) is 6.30. The molecule has 1 aromatic rings. The molecule has 1 aromatic heterocycles. The third kappa shape index (κ3) is 4.50. The minimum atomic E-state index is -3.20. The smallest absolute Gasteiger partial charge is 0.215 e. The van der Waals surface area contributed by atoms with Gasteiger partial charge in [-0.1, -0.05) is 0 Å². The van der Waals surface area contributed by atoms with Gasteiger partial charge in [0.05, 0.1) is 23.5 Å². The lowest BCUT2D eigenvalue weighted by molar-refractivity contribution is 0.252. The molecule has 0 spiro atoms. The Morgan fingerprint density at radius 2 is 2.21 bits per heavy atom. The number of rotatable bonds is 6. The molecule has 0 radical (unpaired) electrons. The van der Waals surface area contributed by atoms with E-state index in [9.17, 15) is 8.42 Å². The Morgan fingerprint density at radius 3 is 2.84 bits per heavy atom. The fourth-order valence-corrected chi connectivity index (χ4v) is 3.66. The minimum Gasteiger partial charge on any atom is -0.314 e. The molecule has 6 nitrogen and oxygen atoms in total. The average molecular weight is 304 g/mol. The first-order chi connectivity index (χ1) is 9.08. The van der Waals surface area contributed by atoms with Gasteiger partial charge in [-0.15, -0.1) is 11.3 Å². The van der Waals surface area contributed by atoms with Gasteiger partial charge in [-0.3, -0.25) is 4.90 Å². The molecule has 2 rings (SSSR count). The van der Waals surface area contributed by atoms with Crippen molar-refractivity contribution in [3.63, 3.8) is 0 Å². The van der Waals surface area contributed by atoms with Crippen LogP contribution in [-0.2, 0) is 16.6 Å². The van der Waals surface area contributed by atoms with E-state index in [4.69, 9.17) is 0 Å². The molecule has 8 heteroatoms. The number of hydrogen-bond donors (Lipinski definition) is 1. The van der Waals surface area contributed by atoms with E-state index >= 15 is 0 Å². The average Bonchev–Trinajstić information content (AvgIpc) is 2.90. The molecule has 0 aliphatic carbocycles. The standard InChI is InChI=1S/C11H20N4O2S2/c1-14(8-11-9-18-10-13-11)19(16,17)7-6-15-4-2-12-3-5-15/h9-10,12H,2-8H2,1H3. The largest absolute Gasteiger partial charge is 0.314 e. The number of piperazine rings is 1. The zero-order chi connectivity index (χ0) is 13.7. The topological polar surface area (TPSA) is 65.5 Å². The van der Waals surface area contributed by atoms with E-state index in [2.05, 4.69) is 15.2 Å². The molecular weight excluding hydrogens is 284 g/mol. The lowest BCUT2D eigenvalue weighted by Crippen LogP contribution is -2.46. The molecule has 0 atom stereocenters. The molecule has 0 aromatic carbocycles. The summed E-state index contributed by atoms with van der Waals surface area (Å²) in [7, 11) is -1.58. The van der Waals surface area contributed by atoms with E-state index in [-0.39, 0.29) is 5.75 Å². The Balaban J connectivity index is 1.83. The number of hydrogen-bond acceptors (Lipinski definition) is 6. The molecule has 1 aliphatic heterocycles. The van der Waals surface area contributed by atoms with Crippen molar-refractivity contribution in [1.82, 2.24) is 19.5 Å².